The van der Waals surface area contributed by atoms with Crippen LogP contribution < -0.4 is 0 Å². The van der Waals surface area contributed by atoms with Crippen molar-refractivity contribution in [1.29, 1.82) is 0 Å². The van der Waals surface area contributed by atoms with Gasteiger partial charge in [0.2, 0.25) is 0 Å². The molecule has 0 amide bonds. The smallest absolute Gasteiger partial charge is 0.181 e. The highest BCUT2D eigenvalue weighted by molar-refractivity contribution is 5.15. The summed E-state index contributed by atoms with van der Waals surface area (Å²) in [6.45, 7) is 6.31. The third kappa shape index (κ3) is 2.23. The Bertz CT molecular complexity index is 330. The van der Waals surface area contributed by atoms with E-state index >= 15 is 0 Å². The largest absolute Gasteiger partial charge is 0.448 e. The van der Waals surface area contributed by atoms with Crippen LogP contribution in [0, 0.1) is 0 Å². The number of hydrogen-bond donors (Lipinski definition) is 0. The molecule has 0 fully saturated rings. The molecule has 0 atom stereocenters. The standard InChI is InChI=1S/C8H12N4O/c1-8(2,3)7-6(4-11-12-9)10-5-13-7/h5H,4H2,1-3H3. The summed E-state index contributed by atoms with van der Waals surface area (Å²) in [7, 11) is 0. The number of oxazole rings is 1. The molecule has 0 bridgehead atoms. The topological polar surface area (TPSA) is 74.8 Å². The Labute approximate surface area is 76.4 Å². The van der Waals surface area contributed by atoms with Crippen LogP contribution >= 0.6 is 0 Å². The maximum absolute atomic E-state index is 8.16. The van der Waals surface area contributed by atoms with Gasteiger partial charge in [-0.3, -0.25) is 0 Å². The van der Waals surface area contributed by atoms with Crippen molar-refractivity contribution in [2.45, 2.75) is 32.7 Å². The fourth-order valence-corrected chi connectivity index (χ4v) is 1.09. The van der Waals surface area contributed by atoms with Gasteiger partial charge in [-0.1, -0.05) is 25.9 Å². The molecule has 0 N–H and O–H groups in total. The quantitative estimate of drug-likeness (QED) is 0.398. The van der Waals surface area contributed by atoms with Crippen molar-refractivity contribution in [3.63, 3.8) is 0 Å². The van der Waals surface area contributed by atoms with E-state index in [0.29, 0.717) is 5.69 Å². The monoisotopic (exact) mass is 180 g/mol. The van der Waals surface area contributed by atoms with Crippen molar-refractivity contribution in [3.8, 4) is 0 Å². The Hall–Kier alpha value is -1.48. The fourth-order valence-electron chi connectivity index (χ4n) is 1.09. The second-order valence-corrected chi connectivity index (χ2v) is 3.77. The first-order chi connectivity index (χ1) is 6.05. The molecule has 0 saturated carbocycles. The van der Waals surface area contributed by atoms with Gasteiger partial charge >= 0.3 is 0 Å². The summed E-state index contributed by atoms with van der Waals surface area (Å²) in [6.07, 6.45) is 1.38. The molecular formula is C8H12N4O. The Morgan fingerprint density at radius 3 is 2.85 bits per heavy atom. The molecule has 1 aromatic rings. The molecule has 0 radical (unpaired) electrons. The summed E-state index contributed by atoms with van der Waals surface area (Å²) in [5, 5.41) is 3.45. The van der Waals surface area contributed by atoms with Gasteiger partial charge in [-0.05, 0) is 5.53 Å². The van der Waals surface area contributed by atoms with E-state index in [2.05, 4.69) is 15.0 Å². The molecule has 0 spiro atoms. The maximum atomic E-state index is 8.16. The molecule has 1 heterocycles. The number of hydrogen-bond acceptors (Lipinski definition) is 3. The van der Waals surface area contributed by atoms with Crippen molar-refractivity contribution in [1.82, 2.24) is 4.98 Å². The minimum absolute atomic E-state index is 0.100. The van der Waals surface area contributed by atoms with E-state index in [0.717, 1.165) is 5.76 Å². The Kier molecular flexibility index (Phi) is 2.58. The molecule has 1 aromatic heterocycles. The molecule has 5 heteroatoms. The predicted octanol–water partition coefficient (Wildman–Crippen LogP) is 2.78. The van der Waals surface area contributed by atoms with Crippen LogP contribution in [0.5, 0.6) is 0 Å². The minimum Gasteiger partial charge on any atom is -0.448 e. The summed E-state index contributed by atoms with van der Waals surface area (Å²) >= 11 is 0. The predicted molar refractivity (Wildman–Crippen MR) is 48.1 cm³/mol. The zero-order chi connectivity index (χ0) is 9.90. The highest BCUT2D eigenvalue weighted by atomic mass is 16.3. The average molecular weight is 180 g/mol. The van der Waals surface area contributed by atoms with Crippen molar-refractivity contribution >= 4 is 0 Å². The van der Waals surface area contributed by atoms with Gasteiger partial charge in [0.1, 0.15) is 5.76 Å². The van der Waals surface area contributed by atoms with E-state index in [-0.39, 0.29) is 12.0 Å². The SMILES string of the molecule is CC(C)(C)c1ocnc1CN=[N+]=[N-]. The first-order valence-corrected chi connectivity index (χ1v) is 3.99. The van der Waals surface area contributed by atoms with E-state index < -0.39 is 0 Å². The van der Waals surface area contributed by atoms with Gasteiger partial charge < -0.3 is 4.42 Å². The summed E-state index contributed by atoms with van der Waals surface area (Å²) in [5.74, 6) is 0.778. The Morgan fingerprint density at radius 1 is 1.62 bits per heavy atom. The molecule has 0 aliphatic heterocycles. The van der Waals surface area contributed by atoms with Crippen LogP contribution in [-0.4, -0.2) is 4.98 Å². The van der Waals surface area contributed by atoms with Gasteiger partial charge in [-0.25, -0.2) is 4.98 Å². The lowest BCUT2D eigenvalue weighted by atomic mass is 9.92. The molecule has 0 unspecified atom stereocenters. The van der Waals surface area contributed by atoms with E-state index in [1.54, 1.807) is 0 Å². The summed E-state index contributed by atoms with van der Waals surface area (Å²) in [6, 6.07) is 0. The van der Waals surface area contributed by atoms with E-state index in [1.165, 1.54) is 6.39 Å². The second kappa shape index (κ2) is 3.49. The molecule has 0 aliphatic carbocycles. The summed E-state index contributed by atoms with van der Waals surface area (Å²) in [4.78, 5) is 6.67. The number of azide groups is 1. The van der Waals surface area contributed by atoms with E-state index in [4.69, 9.17) is 9.95 Å². The Morgan fingerprint density at radius 2 is 2.31 bits per heavy atom. The van der Waals surface area contributed by atoms with E-state index in [9.17, 15) is 0 Å². The van der Waals surface area contributed by atoms with Gasteiger partial charge in [0.05, 0.1) is 12.2 Å². The van der Waals surface area contributed by atoms with Crippen LogP contribution in [0.3, 0.4) is 0 Å². The zero-order valence-corrected chi connectivity index (χ0v) is 7.98. The highest BCUT2D eigenvalue weighted by Gasteiger charge is 2.22. The lowest BCUT2D eigenvalue weighted by Crippen LogP contribution is -2.12. The highest BCUT2D eigenvalue weighted by Crippen LogP contribution is 2.25. The van der Waals surface area contributed by atoms with Gasteiger partial charge in [0, 0.05) is 10.3 Å². The second-order valence-electron chi connectivity index (χ2n) is 3.77. The van der Waals surface area contributed by atoms with E-state index in [1.807, 2.05) is 20.8 Å². The molecule has 0 aromatic carbocycles. The van der Waals surface area contributed by atoms with Crippen LogP contribution in [0.1, 0.15) is 32.2 Å². The minimum atomic E-state index is -0.100. The normalized spacial score (nSPS) is 11.0. The molecule has 0 aliphatic rings. The average Bonchev–Trinajstić information content (AvgIpc) is 2.47. The molecule has 0 saturated heterocycles. The molecule has 5 nitrogen and oxygen atoms in total. The van der Waals surface area contributed by atoms with Gasteiger partial charge in [-0.15, -0.1) is 0 Å². The van der Waals surface area contributed by atoms with Crippen molar-refractivity contribution in [2.24, 2.45) is 5.11 Å². The lowest BCUT2D eigenvalue weighted by Gasteiger charge is -2.15. The van der Waals surface area contributed by atoms with Gasteiger partial charge in [-0.2, -0.15) is 0 Å². The molecule has 1 rings (SSSR count). The van der Waals surface area contributed by atoms with Crippen LogP contribution in [0.25, 0.3) is 10.4 Å². The number of rotatable bonds is 2. The van der Waals surface area contributed by atoms with Crippen molar-refractivity contribution in [3.05, 3.63) is 28.3 Å². The van der Waals surface area contributed by atoms with Gasteiger partial charge in [0.25, 0.3) is 0 Å². The molecular weight excluding hydrogens is 168 g/mol. The third-order valence-corrected chi connectivity index (χ3v) is 1.61. The van der Waals surface area contributed by atoms with Crippen LogP contribution in [0.2, 0.25) is 0 Å². The summed E-state index contributed by atoms with van der Waals surface area (Å²) < 4.78 is 5.23. The Balaban J connectivity index is 2.96. The van der Waals surface area contributed by atoms with Crippen LogP contribution in [-0.2, 0) is 12.0 Å². The third-order valence-electron chi connectivity index (χ3n) is 1.61. The number of nitrogens with zero attached hydrogens (tertiary/aromatic N) is 4. The van der Waals surface area contributed by atoms with Crippen LogP contribution in [0.15, 0.2) is 15.9 Å². The first kappa shape index (κ1) is 9.61. The number of aromatic nitrogens is 1. The first-order valence-electron chi connectivity index (χ1n) is 3.99. The van der Waals surface area contributed by atoms with Crippen molar-refractivity contribution < 1.29 is 4.42 Å². The zero-order valence-electron chi connectivity index (χ0n) is 7.98. The fraction of sp³-hybridized carbons (Fsp3) is 0.625. The van der Waals surface area contributed by atoms with Gasteiger partial charge in [0.15, 0.2) is 6.39 Å². The summed E-state index contributed by atoms with van der Waals surface area (Å²) in [5.41, 5.74) is 8.77. The lowest BCUT2D eigenvalue weighted by molar-refractivity contribution is 0.403. The van der Waals surface area contributed by atoms with Crippen molar-refractivity contribution in [2.75, 3.05) is 0 Å². The molecule has 13 heavy (non-hydrogen) atoms. The maximum Gasteiger partial charge on any atom is 0.181 e. The van der Waals surface area contributed by atoms with Crippen LogP contribution in [0.4, 0.5) is 0 Å². The molecule has 70 valence electrons.